The lowest BCUT2D eigenvalue weighted by molar-refractivity contribution is 0.0999. The smallest absolute Gasteiger partial charge is 0.249 e. The van der Waals surface area contributed by atoms with Crippen LogP contribution in [0.3, 0.4) is 0 Å². The molecule has 0 unspecified atom stereocenters. The van der Waals surface area contributed by atoms with Crippen molar-refractivity contribution in [2.24, 2.45) is 5.73 Å². The van der Waals surface area contributed by atoms with Gasteiger partial charge in [0.05, 0.1) is 0 Å². The van der Waals surface area contributed by atoms with Gasteiger partial charge in [-0.2, -0.15) is 0 Å². The molecule has 0 heterocycles. The molecule has 0 fully saturated rings. The van der Waals surface area contributed by atoms with E-state index >= 15 is 0 Å². The first kappa shape index (κ1) is 13.7. The number of benzene rings is 1. The van der Waals surface area contributed by atoms with E-state index in [-0.39, 0.29) is 5.91 Å². The number of carbonyl (C=O) groups excluding carboxylic acids is 1. The number of nitrogens with two attached hydrogens (primary N) is 1. The minimum Gasteiger partial charge on any atom is -0.366 e. The van der Waals surface area contributed by atoms with Gasteiger partial charge < -0.3 is 11.1 Å². The van der Waals surface area contributed by atoms with Crippen molar-refractivity contribution in [3.8, 4) is 0 Å². The molecule has 0 saturated carbocycles. The Morgan fingerprint density at radius 3 is 2.71 bits per heavy atom. The molecule has 0 radical (unpaired) electrons. The van der Waals surface area contributed by atoms with Crippen molar-refractivity contribution < 1.29 is 4.79 Å². The summed E-state index contributed by atoms with van der Waals surface area (Å²) in [5.41, 5.74) is 6.92. The van der Waals surface area contributed by atoms with Crippen molar-refractivity contribution >= 4 is 5.91 Å². The quantitative estimate of drug-likeness (QED) is 0.679. The zero-order chi connectivity index (χ0) is 12.5. The van der Waals surface area contributed by atoms with E-state index in [9.17, 15) is 4.79 Å². The molecule has 3 nitrogen and oxygen atoms in total. The Morgan fingerprint density at radius 2 is 2.00 bits per heavy atom. The Bertz CT molecular complexity index is 350. The average molecular weight is 234 g/mol. The van der Waals surface area contributed by atoms with Crippen LogP contribution in [0.1, 0.15) is 48.5 Å². The standard InChI is InChI=1S/C14H22N2O/c1-2-3-4-7-10-16-11-12-8-5-6-9-13(12)14(15)17/h5-6,8-9,16H,2-4,7,10-11H2,1H3,(H2,15,17). The predicted octanol–water partition coefficient (Wildman–Crippen LogP) is 2.46. The van der Waals surface area contributed by atoms with Gasteiger partial charge in [0.15, 0.2) is 0 Å². The molecule has 3 heteroatoms. The Morgan fingerprint density at radius 1 is 1.24 bits per heavy atom. The largest absolute Gasteiger partial charge is 0.366 e. The lowest BCUT2D eigenvalue weighted by Crippen LogP contribution is -2.19. The number of rotatable bonds is 8. The third-order valence-electron chi connectivity index (χ3n) is 2.81. The first-order chi connectivity index (χ1) is 8.25. The van der Waals surface area contributed by atoms with Crippen LogP contribution in [0.15, 0.2) is 24.3 Å². The molecular weight excluding hydrogens is 212 g/mol. The van der Waals surface area contributed by atoms with Crippen LogP contribution in [0.5, 0.6) is 0 Å². The molecule has 0 spiro atoms. The second-order valence-electron chi connectivity index (χ2n) is 4.26. The third-order valence-corrected chi connectivity index (χ3v) is 2.81. The van der Waals surface area contributed by atoms with Gasteiger partial charge in [-0.05, 0) is 24.6 Å². The van der Waals surface area contributed by atoms with Crippen molar-refractivity contribution in [3.63, 3.8) is 0 Å². The zero-order valence-electron chi connectivity index (χ0n) is 10.5. The summed E-state index contributed by atoms with van der Waals surface area (Å²) >= 11 is 0. The third kappa shape index (κ3) is 5.00. The van der Waals surface area contributed by atoms with E-state index in [1.54, 1.807) is 6.07 Å². The predicted molar refractivity (Wildman–Crippen MR) is 70.8 cm³/mol. The molecule has 0 aliphatic carbocycles. The van der Waals surface area contributed by atoms with E-state index in [1.165, 1.54) is 25.7 Å². The molecule has 0 saturated heterocycles. The summed E-state index contributed by atoms with van der Waals surface area (Å²) in [7, 11) is 0. The van der Waals surface area contributed by atoms with Crippen molar-refractivity contribution in [2.45, 2.75) is 39.2 Å². The number of primary amides is 1. The molecule has 1 aromatic rings. The topological polar surface area (TPSA) is 55.1 Å². The average Bonchev–Trinajstić information content (AvgIpc) is 2.34. The van der Waals surface area contributed by atoms with Gasteiger partial charge in [0.25, 0.3) is 0 Å². The van der Waals surface area contributed by atoms with Gasteiger partial charge in [0.1, 0.15) is 0 Å². The molecule has 0 aliphatic rings. The molecule has 1 rings (SSSR count). The number of amides is 1. The van der Waals surface area contributed by atoms with Crippen LogP contribution < -0.4 is 11.1 Å². The van der Waals surface area contributed by atoms with Crippen molar-refractivity contribution in [1.29, 1.82) is 0 Å². The number of carbonyl (C=O) groups is 1. The minimum atomic E-state index is -0.353. The first-order valence-electron chi connectivity index (χ1n) is 6.34. The second kappa shape index (κ2) is 7.85. The fourth-order valence-electron chi connectivity index (χ4n) is 1.81. The van der Waals surface area contributed by atoms with E-state index in [1.807, 2.05) is 18.2 Å². The first-order valence-corrected chi connectivity index (χ1v) is 6.34. The Kier molecular flexibility index (Phi) is 6.33. The molecule has 3 N–H and O–H groups in total. The van der Waals surface area contributed by atoms with Gasteiger partial charge in [-0.3, -0.25) is 4.79 Å². The molecule has 1 aromatic carbocycles. The Hall–Kier alpha value is -1.35. The number of nitrogens with one attached hydrogen (secondary N) is 1. The van der Waals surface area contributed by atoms with Crippen molar-refractivity contribution in [3.05, 3.63) is 35.4 Å². The minimum absolute atomic E-state index is 0.353. The highest BCUT2D eigenvalue weighted by atomic mass is 16.1. The Balaban J connectivity index is 2.34. The maximum Gasteiger partial charge on any atom is 0.249 e. The zero-order valence-corrected chi connectivity index (χ0v) is 10.5. The van der Waals surface area contributed by atoms with E-state index < -0.39 is 0 Å². The highest BCUT2D eigenvalue weighted by Gasteiger charge is 2.05. The summed E-state index contributed by atoms with van der Waals surface area (Å²) in [6.45, 7) is 3.91. The SMILES string of the molecule is CCCCCCNCc1ccccc1C(N)=O. The summed E-state index contributed by atoms with van der Waals surface area (Å²) in [6.07, 6.45) is 5.00. The summed E-state index contributed by atoms with van der Waals surface area (Å²) in [4.78, 5) is 11.2. The lowest BCUT2D eigenvalue weighted by Gasteiger charge is -2.08. The van der Waals surface area contributed by atoms with Crippen LogP contribution in [-0.4, -0.2) is 12.5 Å². The van der Waals surface area contributed by atoms with Crippen LogP contribution in [-0.2, 0) is 6.54 Å². The number of hydrogen-bond acceptors (Lipinski definition) is 2. The fourth-order valence-corrected chi connectivity index (χ4v) is 1.81. The molecular formula is C14H22N2O. The maximum absolute atomic E-state index is 11.2. The van der Waals surface area contributed by atoms with Gasteiger partial charge in [-0.1, -0.05) is 44.4 Å². The summed E-state index contributed by atoms with van der Waals surface area (Å²) in [5.74, 6) is -0.353. The van der Waals surface area contributed by atoms with E-state index in [0.717, 1.165) is 12.1 Å². The summed E-state index contributed by atoms with van der Waals surface area (Å²) in [5, 5.41) is 3.35. The summed E-state index contributed by atoms with van der Waals surface area (Å²) < 4.78 is 0. The molecule has 0 atom stereocenters. The lowest BCUT2D eigenvalue weighted by atomic mass is 10.1. The van der Waals surface area contributed by atoms with Gasteiger partial charge in [0, 0.05) is 12.1 Å². The van der Waals surface area contributed by atoms with Crippen LogP contribution in [0.4, 0.5) is 0 Å². The molecule has 17 heavy (non-hydrogen) atoms. The number of hydrogen-bond donors (Lipinski definition) is 2. The molecule has 1 amide bonds. The normalized spacial score (nSPS) is 10.4. The van der Waals surface area contributed by atoms with Gasteiger partial charge >= 0.3 is 0 Å². The van der Waals surface area contributed by atoms with E-state index in [4.69, 9.17) is 5.73 Å². The van der Waals surface area contributed by atoms with E-state index in [0.29, 0.717) is 12.1 Å². The van der Waals surface area contributed by atoms with Crippen molar-refractivity contribution in [2.75, 3.05) is 6.54 Å². The molecule has 94 valence electrons. The summed E-state index contributed by atoms with van der Waals surface area (Å²) in [6, 6.07) is 7.49. The highest BCUT2D eigenvalue weighted by molar-refractivity contribution is 5.94. The molecule has 0 aliphatic heterocycles. The van der Waals surface area contributed by atoms with Crippen LogP contribution >= 0.6 is 0 Å². The highest BCUT2D eigenvalue weighted by Crippen LogP contribution is 2.07. The fraction of sp³-hybridized carbons (Fsp3) is 0.500. The van der Waals surface area contributed by atoms with Gasteiger partial charge in [-0.15, -0.1) is 0 Å². The van der Waals surface area contributed by atoms with Gasteiger partial charge in [-0.25, -0.2) is 0 Å². The Labute approximate surface area is 103 Å². The van der Waals surface area contributed by atoms with Crippen LogP contribution in [0.2, 0.25) is 0 Å². The van der Waals surface area contributed by atoms with Crippen LogP contribution in [0.25, 0.3) is 0 Å². The van der Waals surface area contributed by atoms with Crippen molar-refractivity contribution in [1.82, 2.24) is 5.32 Å². The van der Waals surface area contributed by atoms with Crippen LogP contribution in [0, 0.1) is 0 Å². The number of unbranched alkanes of at least 4 members (excludes halogenated alkanes) is 3. The van der Waals surface area contributed by atoms with Gasteiger partial charge in [0.2, 0.25) is 5.91 Å². The molecule has 0 aromatic heterocycles. The van der Waals surface area contributed by atoms with E-state index in [2.05, 4.69) is 12.2 Å². The maximum atomic E-state index is 11.2. The monoisotopic (exact) mass is 234 g/mol. The molecule has 0 bridgehead atoms. The second-order valence-corrected chi connectivity index (χ2v) is 4.26.